The van der Waals surface area contributed by atoms with Gasteiger partial charge in [0.2, 0.25) is 0 Å². The second kappa shape index (κ2) is 13.0. The van der Waals surface area contributed by atoms with Gasteiger partial charge < -0.3 is 0 Å². The summed E-state index contributed by atoms with van der Waals surface area (Å²) in [5.41, 5.74) is 0. The minimum atomic E-state index is -0.933. The third kappa shape index (κ3) is 11.5. The van der Waals surface area contributed by atoms with Crippen molar-refractivity contribution in [3.05, 3.63) is 0 Å². The maximum atomic E-state index is 3.57. The maximum absolute atomic E-state index is 3.57. The predicted molar refractivity (Wildman–Crippen MR) is 94.8 cm³/mol. The zero-order chi connectivity index (χ0) is 13.0. The summed E-state index contributed by atoms with van der Waals surface area (Å²) in [6.45, 7) is 6.86. The van der Waals surface area contributed by atoms with Gasteiger partial charge in [-0.05, 0) is 0 Å². The van der Waals surface area contributed by atoms with Crippen molar-refractivity contribution >= 4 is 52.4 Å². The number of hydrogen-bond acceptors (Lipinski definition) is 3. The molecule has 0 N–H and O–H groups in total. The topological polar surface area (TPSA) is 0 Å². The first-order chi connectivity index (χ1) is 8.18. The second-order valence-corrected chi connectivity index (χ2v) is 24.4. The standard InChI is InChI=1S/C12H27PS3Se/c1-4-7-10-14-13(17,15-11-8-5-2)16-12-9-6-3/h4-12H2,1-3H3. The predicted octanol–water partition coefficient (Wildman–Crippen LogP) is 6.43. The van der Waals surface area contributed by atoms with Crippen LogP contribution >= 0.6 is 37.3 Å². The van der Waals surface area contributed by atoms with E-state index in [4.69, 9.17) is 0 Å². The molecular weight excluding hydrogens is 350 g/mol. The van der Waals surface area contributed by atoms with Crippen LogP contribution in [0.4, 0.5) is 0 Å². The molecule has 0 aromatic rings. The fourth-order valence-corrected chi connectivity index (χ4v) is 17.3. The molecule has 104 valence electrons. The van der Waals surface area contributed by atoms with Crippen LogP contribution in [-0.4, -0.2) is 32.4 Å². The summed E-state index contributed by atoms with van der Waals surface area (Å²) in [6.07, 6.45) is 8.09. The summed E-state index contributed by atoms with van der Waals surface area (Å²) in [7, 11) is 0. The SMILES string of the molecule is CCCCSP(=[Se])(SCCCC)SCCCC. The Hall–Kier alpha value is 2.00. The first-order valence-corrected chi connectivity index (χ1v) is 15.5. The van der Waals surface area contributed by atoms with Crippen LogP contribution in [0.1, 0.15) is 59.3 Å². The zero-order valence-electron chi connectivity index (χ0n) is 11.4. The molecule has 0 heterocycles. The average molecular weight is 377 g/mol. The molecule has 0 radical (unpaired) electrons. The van der Waals surface area contributed by atoms with Crippen LogP contribution in [0, 0.1) is 0 Å². The van der Waals surface area contributed by atoms with E-state index in [2.05, 4.69) is 70.0 Å². The van der Waals surface area contributed by atoms with Crippen molar-refractivity contribution in [2.45, 2.75) is 59.3 Å². The van der Waals surface area contributed by atoms with Crippen LogP contribution < -0.4 is 0 Å². The van der Waals surface area contributed by atoms with Crippen LogP contribution in [0.3, 0.4) is 0 Å². The van der Waals surface area contributed by atoms with Gasteiger partial charge in [-0.15, -0.1) is 0 Å². The molecule has 0 spiro atoms. The quantitative estimate of drug-likeness (QED) is 0.218. The van der Waals surface area contributed by atoms with E-state index in [0.717, 1.165) is 0 Å². The van der Waals surface area contributed by atoms with Gasteiger partial charge in [0.25, 0.3) is 0 Å². The molecule has 0 amide bonds. The number of unbranched alkanes of at least 4 members (excludes halogenated alkanes) is 3. The van der Waals surface area contributed by atoms with Crippen molar-refractivity contribution in [3.63, 3.8) is 0 Å². The van der Waals surface area contributed by atoms with E-state index in [1.807, 2.05) is 0 Å². The van der Waals surface area contributed by atoms with Crippen LogP contribution in [-0.2, 0) is 0 Å². The molecule has 0 rings (SSSR count). The second-order valence-electron chi connectivity index (χ2n) is 4.01. The van der Waals surface area contributed by atoms with E-state index in [9.17, 15) is 0 Å². The van der Waals surface area contributed by atoms with E-state index in [1.165, 1.54) is 55.8 Å². The molecule has 0 aromatic carbocycles. The molecule has 0 atom stereocenters. The van der Waals surface area contributed by atoms with Crippen molar-refractivity contribution in [2.24, 2.45) is 0 Å². The van der Waals surface area contributed by atoms with Gasteiger partial charge in [0.15, 0.2) is 0 Å². The van der Waals surface area contributed by atoms with Gasteiger partial charge >= 0.3 is 129 Å². The van der Waals surface area contributed by atoms with Crippen molar-refractivity contribution < 1.29 is 0 Å². The molecular formula is C12H27PS3Se. The van der Waals surface area contributed by atoms with Crippen LogP contribution in [0.2, 0.25) is 0 Å². The van der Waals surface area contributed by atoms with E-state index < -0.39 is 3.11 Å². The Bertz CT molecular complexity index is 179. The molecule has 0 aliphatic rings. The Labute approximate surface area is 128 Å². The molecule has 0 aliphatic carbocycles. The fourth-order valence-electron chi connectivity index (χ4n) is 1.07. The van der Waals surface area contributed by atoms with Crippen molar-refractivity contribution in [1.82, 2.24) is 0 Å². The van der Waals surface area contributed by atoms with Gasteiger partial charge in [-0.1, -0.05) is 0 Å². The Morgan fingerprint density at radius 1 is 0.706 bits per heavy atom. The third-order valence-corrected chi connectivity index (χ3v) is 20.8. The normalized spacial score (nSPS) is 11.9. The van der Waals surface area contributed by atoms with Gasteiger partial charge in [-0.3, -0.25) is 0 Å². The van der Waals surface area contributed by atoms with E-state index in [1.54, 1.807) is 0 Å². The average Bonchev–Trinajstić information content (AvgIpc) is 2.30. The molecule has 0 saturated carbocycles. The third-order valence-electron chi connectivity index (χ3n) is 2.24. The van der Waals surface area contributed by atoms with Gasteiger partial charge in [0.05, 0.1) is 0 Å². The Balaban J connectivity index is 4.00. The summed E-state index contributed by atoms with van der Waals surface area (Å²) >= 11 is 10.3. The molecule has 0 unspecified atom stereocenters. The van der Waals surface area contributed by atoms with Crippen LogP contribution in [0.5, 0.6) is 0 Å². The summed E-state index contributed by atoms with van der Waals surface area (Å²) in [5.74, 6) is 4.03. The Morgan fingerprint density at radius 2 is 1.00 bits per heavy atom. The monoisotopic (exact) mass is 378 g/mol. The first-order valence-electron chi connectivity index (χ1n) is 6.72. The molecule has 5 heteroatoms. The van der Waals surface area contributed by atoms with Crippen molar-refractivity contribution in [2.75, 3.05) is 17.3 Å². The molecule has 0 aromatic heterocycles. The minimum absolute atomic E-state index is 0.933. The van der Waals surface area contributed by atoms with E-state index in [-0.39, 0.29) is 0 Å². The Morgan fingerprint density at radius 3 is 1.24 bits per heavy atom. The summed E-state index contributed by atoms with van der Waals surface area (Å²) < 4.78 is -0.933. The molecule has 0 nitrogen and oxygen atoms in total. The molecule has 0 saturated heterocycles. The van der Waals surface area contributed by atoms with E-state index in [0.29, 0.717) is 0 Å². The van der Waals surface area contributed by atoms with Gasteiger partial charge in [0, 0.05) is 0 Å². The van der Waals surface area contributed by atoms with Gasteiger partial charge in [0.1, 0.15) is 0 Å². The summed E-state index contributed by atoms with van der Waals surface area (Å²) in [6, 6.07) is 0. The molecule has 17 heavy (non-hydrogen) atoms. The van der Waals surface area contributed by atoms with Crippen molar-refractivity contribution in [3.8, 4) is 0 Å². The summed E-state index contributed by atoms with van der Waals surface area (Å²) in [5, 5.41) is 0. The van der Waals surface area contributed by atoms with Crippen LogP contribution in [0.15, 0.2) is 0 Å². The van der Waals surface area contributed by atoms with E-state index >= 15 is 0 Å². The van der Waals surface area contributed by atoms with Gasteiger partial charge in [-0.2, -0.15) is 0 Å². The Kier molecular flexibility index (Phi) is 14.5. The molecule has 0 bridgehead atoms. The number of hydrogen-bond donors (Lipinski definition) is 0. The fraction of sp³-hybridized carbons (Fsp3) is 1.00. The molecule has 0 aliphatic heterocycles. The van der Waals surface area contributed by atoms with Gasteiger partial charge in [-0.25, -0.2) is 0 Å². The molecule has 0 fully saturated rings. The first kappa shape index (κ1) is 19.0. The zero-order valence-corrected chi connectivity index (χ0v) is 16.5. The summed E-state index contributed by atoms with van der Waals surface area (Å²) in [4.78, 5) is 0. The number of rotatable bonds is 12. The van der Waals surface area contributed by atoms with Crippen molar-refractivity contribution in [1.29, 1.82) is 0 Å². The van der Waals surface area contributed by atoms with Crippen LogP contribution in [0.25, 0.3) is 0 Å².